The lowest BCUT2D eigenvalue weighted by Crippen LogP contribution is -2.08. The van der Waals surface area contributed by atoms with Gasteiger partial charge in [-0.15, -0.1) is 0 Å². The number of Topliss-reactive ketones (excluding diaryl/α,β-unsaturated/α-hetero) is 1. The summed E-state index contributed by atoms with van der Waals surface area (Å²) in [7, 11) is 3.81. The largest absolute Gasteiger partial charge is 0.383 e. The van der Waals surface area contributed by atoms with Gasteiger partial charge in [0.25, 0.3) is 0 Å². The Morgan fingerprint density at radius 2 is 1.94 bits per heavy atom. The summed E-state index contributed by atoms with van der Waals surface area (Å²) in [5.41, 5.74) is 1.85. The third-order valence-corrected chi connectivity index (χ3v) is 3.03. The first kappa shape index (κ1) is 11.8. The monoisotopic (exact) mass is 233 g/mol. The average molecular weight is 233 g/mol. The van der Waals surface area contributed by atoms with E-state index in [1.807, 2.05) is 25.2 Å². The Hall–Kier alpha value is -1.64. The van der Waals surface area contributed by atoms with E-state index in [2.05, 4.69) is 0 Å². The number of allylic oxidation sites excluding steroid dienone is 1. The molecule has 1 atom stereocenters. The Morgan fingerprint density at radius 1 is 1.29 bits per heavy atom. The van der Waals surface area contributed by atoms with Gasteiger partial charge >= 0.3 is 0 Å². The molecule has 0 radical (unpaired) electrons. The third-order valence-electron chi connectivity index (χ3n) is 3.03. The SMILES string of the molecule is CN(C)/C=C1\C(=O)CC[C@H]1c1ccc(F)cc1. The van der Waals surface area contributed by atoms with Crippen LogP contribution in [-0.2, 0) is 4.79 Å². The van der Waals surface area contributed by atoms with Crippen molar-refractivity contribution in [2.75, 3.05) is 14.1 Å². The second-order valence-corrected chi connectivity index (χ2v) is 4.61. The number of hydrogen-bond donors (Lipinski definition) is 0. The van der Waals surface area contributed by atoms with Gasteiger partial charge in [-0.05, 0) is 24.1 Å². The summed E-state index contributed by atoms with van der Waals surface area (Å²) in [6, 6.07) is 6.43. The predicted octanol–water partition coefficient (Wildman–Crippen LogP) is 2.72. The molecule has 1 aromatic carbocycles. The quantitative estimate of drug-likeness (QED) is 0.732. The second-order valence-electron chi connectivity index (χ2n) is 4.61. The van der Waals surface area contributed by atoms with E-state index in [1.54, 1.807) is 12.1 Å². The average Bonchev–Trinajstić information content (AvgIpc) is 2.61. The van der Waals surface area contributed by atoms with E-state index in [4.69, 9.17) is 0 Å². The topological polar surface area (TPSA) is 20.3 Å². The number of hydrogen-bond acceptors (Lipinski definition) is 2. The van der Waals surface area contributed by atoms with E-state index >= 15 is 0 Å². The Kier molecular flexibility index (Phi) is 3.27. The van der Waals surface area contributed by atoms with E-state index in [9.17, 15) is 9.18 Å². The first-order valence-corrected chi connectivity index (χ1v) is 5.74. The van der Waals surface area contributed by atoms with E-state index < -0.39 is 0 Å². The summed E-state index contributed by atoms with van der Waals surface area (Å²) in [6.07, 6.45) is 3.29. The van der Waals surface area contributed by atoms with Crippen LogP contribution in [0, 0.1) is 5.82 Å². The maximum absolute atomic E-state index is 12.9. The molecule has 0 amide bonds. The van der Waals surface area contributed by atoms with Crippen LogP contribution in [0.5, 0.6) is 0 Å². The van der Waals surface area contributed by atoms with Gasteiger partial charge in [-0.2, -0.15) is 0 Å². The first-order valence-electron chi connectivity index (χ1n) is 5.74. The van der Waals surface area contributed by atoms with Crippen molar-refractivity contribution in [1.82, 2.24) is 4.90 Å². The van der Waals surface area contributed by atoms with Crippen LogP contribution in [0.1, 0.15) is 24.3 Å². The van der Waals surface area contributed by atoms with E-state index in [0.717, 1.165) is 17.6 Å². The minimum Gasteiger partial charge on any atom is -0.383 e. The van der Waals surface area contributed by atoms with Gasteiger partial charge < -0.3 is 4.90 Å². The van der Waals surface area contributed by atoms with E-state index in [1.165, 1.54) is 12.1 Å². The lowest BCUT2D eigenvalue weighted by molar-refractivity contribution is -0.114. The van der Waals surface area contributed by atoms with Crippen LogP contribution in [0.2, 0.25) is 0 Å². The highest BCUT2D eigenvalue weighted by molar-refractivity contribution is 5.99. The minimum atomic E-state index is -0.240. The summed E-state index contributed by atoms with van der Waals surface area (Å²) in [5, 5.41) is 0. The zero-order chi connectivity index (χ0) is 12.4. The molecule has 2 nitrogen and oxygen atoms in total. The molecule has 0 saturated heterocycles. The summed E-state index contributed by atoms with van der Waals surface area (Å²) in [5.74, 6) is 0.0785. The van der Waals surface area contributed by atoms with Gasteiger partial charge in [0.2, 0.25) is 0 Å². The molecule has 0 heterocycles. The van der Waals surface area contributed by atoms with Crippen LogP contribution < -0.4 is 0 Å². The fraction of sp³-hybridized carbons (Fsp3) is 0.357. The van der Waals surface area contributed by atoms with Crippen LogP contribution in [0.15, 0.2) is 36.0 Å². The van der Waals surface area contributed by atoms with Crippen LogP contribution in [0.3, 0.4) is 0 Å². The minimum absolute atomic E-state index is 0.116. The smallest absolute Gasteiger partial charge is 0.160 e. The summed E-state index contributed by atoms with van der Waals surface area (Å²) >= 11 is 0. The number of ketones is 1. The van der Waals surface area contributed by atoms with Crippen LogP contribution in [0.25, 0.3) is 0 Å². The Bertz CT molecular complexity index is 448. The summed E-state index contributed by atoms with van der Waals surface area (Å²) < 4.78 is 12.9. The molecule has 90 valence electrons. The molecule has 1 saturated carbocycles. The molecule has 2 rings (SSSR count). The van der Waals surface area contributed by atoms with Gasteiger partial charge in [-0.3, -0.25) is 4.79 Å². The summed E-state index contributed by atoms with van der Waals surface area (Å²) in [6.45, 7) is 0. The van der Waals surface area contributed by atoms with Crippen LogP contribution in [0.4, 0.5) is 4.39 Å². The van der Waals surface area contributed by atoms with Crippen molar-refractivity contribution in [3.05, 3.63) is 47.4 Å². The van der Waals surface area contributed by atoms with E-state index in [0.29, 0.717) is 6.42 Å². The number of rotatable bonds is 2. The number of nitrogens with zero attached hydrogens (tertiary/aromatic N) is 1. The van der Waals surface area contributed by atoms with Gasteiger partial charge in [0.15, 0.2) is 5.78 Å². The van der Waals surface area contributed by atoms with Crippen molar-refractivity contribution in [3.8, 4) is 0 Å². The van der Waals surface area contributed by atoms with Gasteiger partial charge in [0.1, 0.15) is 5.82 Å². The Labute approximate surface area is 101 Å². The van der Waals surface area contributed by atoms with Crippen LogP contribution in [-0.4, -0.2) is 24.8 Å². The van der Waals surface area contributed by atoms with Gasteiger partial charge in [-0.25, -0.2) is 4.39 Å². The van der Waals surface area contributed by atoms with Crippen molar-refractivity contribution in [3.63, 3.8) is 0 Å². The summed E-state index contributed by atoms with van der Waals surface area (Å²) in [4.78, 5) is 13.7. The molecule has 0 unspecified atom stereocenters. The molecule has 1 aliphatic rings. The molecule has 0 bridgehead atoms. The molecular formula is C14H16FNO. The second kappa shape index (κ2) is 4.70. The fourth-order valence-electron chi connectivity index (χ4n) is 2.25. The zero-order valence-corrected chi connectivity index (χ0v) is 10.1. The normalized spacial score (nSPS) is 22.2. The van der Waals surface area contributed by atoms with Crippen molar-refractivity contribution < 1.29 is 9.18 Å². The number of benzene rings is 1. The van der Waals surface area contributed by atoms with Crippen molar-refractivity contribution in [1.29, 1.82) is 0 Å². The molecule has 0 spiro atoms. The van der Waals surface area contributed by atoms with Crippen molar-refractivity contribution in [2.45, 2.75) is 18.8 Å². The molecule has 1 aliphatic carbocycles. The third kappa shape index (κ3) is 2.54. The van der Waals surface area contributed by atoms with E-state index in [-0.39, 0.29) is 17.5 Å². The molecule has 1 fully saturated rings. The predicted molar refractivity (Wildman–Crippen MR) is 65.2 cm³/mol. The molecular weight excluding hydrogens is 217 g/mol. The molecule has 0 aliphatic heterocycles. The Balaban J connectivity index is 2.32. The van der Waals surface area contributed by atoms with Gasteiger partial charge in [0.05, 0.1) is 0 Å². The van der Waals surface area contributed by atoms with Crippen molar-refractivity contribution in [2.24, 2.45) is 0 Å². The number of carbonyl (C=O) groups excluding carboxylic acids is 1. The molecule has 1 aromatic rings. The highest BCUT2D eigenvalue weighted by Crippen LogP contribution is 2.36. The zero-order valence-electron chi connectivity index (χ0n) is 10.1. The molecule has 3 heteroatoms. The highest BCUT2D eigenvalue weighted by Gasteiger charge is 2.29. The van der Waals surface area contributed by atoms with Crippen molar-refractivity contribution >= 4 is 5.78 Å². The number of carbonyl (C=O) groups is 1. The fourth-order valence-corrected chi connectivity index (χ4v) is 2.25. The first-order chi connectivity index (χ1) is 8.08. The van der Waals surface area contributed by atoms with Crippen LogP contribution >= 0.6 is 0 Å². The highest BCUT2D eigenvalue weighted by atomic mass is 19.1. The Morgan fingerprint density at radius 3 is 2.53 bits per heavy atom. The lowest BCUT2D eigenvalue weighted by atomic mass is 9.94. The maximum Gasteiger partial charge on any atom is 0.160 e. The number of halogens is 1. The standard InChI is InChI=1S/C14H16FNO/c1-16(2)9-13-12(7-8-14(13)17)10-3-5-11(15)6-4-10/h3-6,9,12H,7-8H2,1-2H3/b13-9-/t12-/m0/s1. The molecule has 0 N–H and O–H groups in total. The van der Waals surface area contributed by atoms with Gasteiger partial charge in [-0.1, -0.05) is 12.1 Å². The molecule has 17 heavy (non-hydrogen) atoms. The maximum atomic E-state index is 12.9. The van der Waals surface area contributed by atoms with Gasteiger partial charge in [0, 0.05) is 38.2 Å². The molecule has 0 aromatic heterocycles. The lowest BCUT2D eigenvalue weighted by Gasteiger charge is -2.14.